The monoisotopic (exact) mass is 451 g/mol. The summed E-state index contributed by atoms with van der Waals surface area (Å²) in [5, 5.41) is 9.60. The topological polar surface area (TPSA) is 102 Å². The number of nitrogens with one attached hydrogen (secondary N) is 1. The zero-order valence-corrected chi connectivity index (χ0v) is 18.5. The molecule has 7 nitrogen and oxygen atoms in total. The van der Waals surface area contributed by atoms with Gasteiger partial charge in [-0.25, -0.2) is 13.9 Å². The number of amides is 1. The summed E-state index contributed by atoms with van der Waals surface area (Å²) in [6, 6.07) is 13.6. The number of thioether (sulfide) groups is 1. The van der Waals surface area contributed by atoms with Crippen molar-refractivity contribution in [1.82, 2.24) is 5.48 Å². The van der Waals surface area contributed by atoms with Gasteiger partial charge in [0.05, 0.1) is 4.90 Å². The van der Waals surface area contributed by atoms with Crippen molar-refractivity contribution in [2.75, 3.05) is 13.2 Å². The lowest BCUT2D eigenvalue weighted by atomic mass is 9.98. The molecule has 9 heteroatoms. The molecule has 0 aliphatic carbocycles. The molecule has 0 saturated carbocycles. The molecule has 1 saturated heterocycles. The summed E-state index contributed by atoms with van der Waals surface area (Å²) >= 11 is 1.75. The average molecular weight is 452 g/mol. The molecule has 162 valence electrons. The van der Waals surface area contributed by atoms with Crippen LogP contribution in [0, 0.1) is 0 Å². The first-order chi connectivity index (χ1) is 14.3. The Bertz CT molecular complexity index is 966. The van der Waals surface area contributed by atoms with Crippen molar-refractivity contribution in [1.29, 1.82) is 0 Å². The van der Waals surface area contributed by atoms with Gasteiger partial charge in [0.2, 0.25) is 0 Å². The van der Waals surface area contributed by atoms with Crippen molar-refractivity contribution in [3.05, 3.63) is 48.5 Å². The molecule has 1 aliphatic rings. The third kappa shape index (κ3) is 4.64. The van der Waals surface area contributed by atoms with Crippen molar-refractivity contribution in [2.24, 2.45) is 0 Å². The van der Waals surface area contributed by atoms with E-state index < -0.39 is 20.5 Å². The SMILES string of the molecule is CC(C)Sc1ccc(Oc2ccc(S(=O)(=O)C3(C(=O)NO)CCOCC3)cc2)cc1. The van der Waals surface area contributed by atoms with Crippen LogP contribution < -0.4 is 10.2 Å². The molecule has 0 bridgehead atoms. The lowest BCUT2D eigenvalue weighted by molar-refractivity contribution is -0.134. The van der Waals surface area contributed by atoms with Crippen molar-refractivity contribution < 1.29 is 27.9 Å². The van der Waals surface area contributed by atoms with Crippen LogP contribution in [0.25, 0.3) is 0 Å². The highest BCUT2D eigenvalue weighted by Gasteiger charge is 2.52. The molecule has 1 fully saturated rings. The number of rotatable bonds is 7. The average Bonchev–Trinajstić information content (AvgIpc) is 2.75. The van der Waals surface area contributed by atoms with E-state index in [0.29, 0.717) is 16.7 Å². The molecule has 1 amide bonds. The van der Waals surface area contributed by atoms with Crippen LogP contribution in [0.2, 0.25) is 0 Å². The molecule has 3 rings (SSSR count). The minimum absolute atomic E-state index is 0.0102. The highest BCUT2D eigenvalue weighted by Crippen LogP contribution is 2.36. The summed E-state index contributed by atoms with van der Waals surface area (Å²) in [5.74, 6) is 0.176. The zero-order valence-electron chi connectivity index (χ0n) is 16.8. The van der Waals surface area contributed by atoms with Crippen molar-refractivity contribution >= 4 is 27.5 Å². The summed E-state index contributed by atoms with van der Waals surface area (Å²) in [6.45, 7) is 4.50. The fraction of sp³-hybridized carbons (Fsp3) is 0.381. The first-order valence-corrected chi connectivity index (χ1v) is 12.0. The van der Waals surface area contributed by atoms with Gasteiger partial charge in [0, 0.05) is 23.4 Å². The van der Waals surface area contributed by atoms with Gasteiger partial charge < -0.3 is 9.47 Å². The predicted molar refractivity (Wildman–Crippen MR) is 114 cm³/mol. The minimum Gasteiger partial charge on any atom is -0.457 e. The van der Waals surface area contributed by atoms with Crippen LogP contribution >= 0.6 is 11.8 Å². The molecule has 2 aromatic rings. The minimum atomic E-state index is -4.05. The fourth-order valence-corrected chi connectivity index (χ4v) is 6.10. The highest BCUT2D eigenvalue weighted by atomic mass is 32.2. The van der Waals surface area contributed by atoms with E-state index in [4.69, 9.17) is 14.7 Å². The Labute approximate surface area is 180 Å². The van der Waals surface area contributed by atoms with E-state index >= 15 is 0 Å². The lowest BCUT2D eigenvalue weighted by Gasteiger charge is -2.34. The molecule has 1 heterocycles. The smallest absolute Gasteiger partial charge is 0.265 e. The highest BCUT2D eigenvalue weighted by molar-refractivity contribution is 7.99. The van der Waals surface area contributed by atoms with Crippen LogP contribution in [0.5, 0.6) is 11.5 Å². The molecular formula is C21H25NO6S2. The van der Waals surface area contributed by atoms with Crippen LogP contribution in [0.1, 0.15) is 26.7 Å². The van der Waals surface area contributed by atoms with E-state index in [0.717, 1.165) is 4.90 Å². The summed E-state index contributed by atoms with van der Waals surface area (Å²) in [6.07, 6.45) is -0.0541. The van der Waals surface area contributed by atoms with Gasteiger partial charge in [0.15, 0.2) is 14.6 Å². The van der Waals surface area contributed by atoms with Crippen molar-refractivity contribution in [3.63, 3.8) is 0 Å². The maximum atomic E-state index is 13.2. The largest absolute Gasteiger partial charge is 0.457 e. The normalized spacial score (nSPS) is 16.3. The van der Waals surface area contributed by atoms with Crippen LogP contribution in [0.3, 0.4) is 0 Å². The number of ether oxygens (including phenoxy) is 2. The van der Waals surface area contributed by atoms with E-state index in [-0.39, 0.29) is 31.0 Å². The Balaban J connectivity index is 1.79. The summed E-state index contributed by atoms with van der Waals surface area (Å²) in [7, 11) is -4.05. The fourth-order valence-electron chi connectivity index (χ4n) is 3.33. The maximum absolute atomic E-state index is 13.2. The predicted octanol–water partition coefficient (Wildman–Crippen LogP) is 3.81. The van der Waals surface area contributed by atoms with E-state index in [9.17, 15) is 13.2 Å². The second kappa shape index (κ2) is 9.38. The van der Waals surface area contributed by atoms with Gasteiger partial charge in [-0.05, 0) is 61.4 Å². The summed E-state index contributed by atoms with van der Waals surface area (Å²) in [5.41, 5.74) is 1.51. The third-order valence-electron chi connectivity index (χ3n) is 4.90. The molecule has 0 spiro atoms. The molecule has 0 unspecified atom stereocenters. The van der Waals surface area contributed by atoms with Crippen molar-refractivity contribution in [3.8, 4) is 11.5 Å². The van der Waals surface area contributed by atoms with Crippen LogP contribution in [-0.4, -0.2) is 42.7 Å². The van der Waals surface area contributed by atoms with E-state index in [2.05, 4.69) is 13.8 Å². The van der Waals surface area contributed by atoms with Crippen molar-refractivity contribution in [2.45, 2.75) is 46.5 Å². The molecule has 2 aromatic carbocycles. The summed E-state index contributed by atoms with van der Waals surface area (Å²) in [4.78, 5) is 13.4. The number of hydroxylamine groups is 1. The van der Waals surface area contributed by atoms with E-state index in [1.54, 1.807) is 23.9 Å². The number of hydrogen-bond acceptors (Lipinski definition) is 7. The maximum Gasteiger partial charge on any atom is 0.265 e. The third-order valence-corrected chi connectivity index (χ3v) is 8.43. The Hall–Kier alpha value is -2.07. The van der Waals surface area contributed by atoms with Gasteiger partial charge in [0.25, 0.3) is 5.91 Å². The quantitative estimate of drug-likeness (QED) is 0.375. The Morgan fingerprint density at radius 1 is 1.07 bits per heavy atom. The van der Waals surface area contributed by atoms with Gasteiger partial charge in [-0.15, -0.1) is 11.8 Å². The molecule has 30 heavy (non-hydrogen) atoms. The number of sulfone groups is 1. The Kier molecular flexibility index (Phi) is 7.07. The molecular weight excluding hydrogens is 426 g/mol. The standard InChI is InChI=1S/C21H25NO6S2/c1-15(2)29-18-7-3-16(4-8-18)28-17-5-9-19(10-6-17)30(25,26)21(20(23)22-24)11-13-27-14-12-21/h3-10,15,24H,11-14H2,1-2H3,(H,22,23). The van der Waals surface area contributed by atoms with Gasteiger partial charge in [-0.2, -0.15) is 0 Å². The van der Waals surface area contributed by atoms with E-state index in [1.807, 2.05) is 24.3 Å². The van der Waals surface area contributed by atoms with E-state index in [1.165, 1.54) is 17.6 Å². The molecule has 2 N–H and O–H groups in total. The van der Waals surface area contributed by atoms with Crippen LogP contribution in [-0.2, 0) is 19.4 Å². The van der Waals surface area contributed by atoms with Crippen LogP contribution in [0.15, 0.2) is 58.3 Å². The first kappa shape index (κ1) is 22.6. The molecule has 0 aromatic heterocycles. The molecule has 0 radical (unpaired) electrons. The summed E-state index contributed by atoms with van der Waals surface area (Å²) < 4.78 is 35.7. The van der Waals surface area contributed by atoms with Crippen LogP contribution in [0.4, 0.5) is 0 Å². The van der Waals surface area contributed by atoms with Gasteiger partial charge in [0.1, 0.15) is 11.5 Å². The van der Waals surface area contributed by atoms with Gasteiger partial charge >= 0.3 is 0 Å². The number of carbonyl (C=O) groups excluding carboxylic acids is 1. The van der Waals surface area contributed by atoms with Gasteiger partial charge in [-0.3, -0.25) is 10.0 Å². The number of carbonyl (C=O) groups is 1. The first-order valence-electron chi connectivity index (χ1n) is 9.60. The second-order valence-electron chi connectivity index (χ2n) is 7.26. The Morgan fingerprint density at radius 3 is 2.10 bits per heavy atom. The zero-order chi connectivity index (χ0) is 21.8. The second-order valence-corrected chi connectivity index (χ2v) is 11.2. The Morgan fingerprint density at radius 2 is 1.60 bits per heavy atom. The molecule has 0 atom stereocenters. The van der Waals surface area contributed by atoms with Gasteiger partial charge in [-0.1, -0.05) is 13.8 Å². The number of hydrogen-bond donors (Lipinski definition) is 2. The number of benzene rings is 2. The lowest BCUT2D eigenvalue weighted by Crippen LogP contribution is -2.54. The molecule has 1 aliphatic heterocycles.